The maximum Gasteiger partial charge on any atom is 0.419 e. The van der Waals surface area contributed by atoms with Gasteiger partial charge < -0.3 is 9.73 Å². The molecule has 2 rings (SSSR count). The molecule has 0 aliphatic heterocycles. The molecule has 0 unspecified atom stereocenters. The molecule has 102 valence electrons. The number of benzene rings is 1. The Kier molecular flexibility index (Phi) is 3.61. The van der Waals surface area contributed by atoms with Crippen molar-refractivity contribution in [3.05, 3.63) is 47.5 Å². The van der Waals surface area contributed by atoms with Crippen molar-refractivity contribution >= 4 is 0 Å². The molecular weight excluding hydrogens is 262 g/mol. The SMILES string of the molecule is CNCc1ccc(-c2ccc(C(F)(F)F)c(F)c2)o1. The van der Waals surface area contributed by atoms with E-state index in [1.165, 1.54) is 6.07 Å². The third-order valence-electron chi connectivity index (χ3n) is 2.57. The average Bonchev–Trinajstić information content (AvgIpc) is 2.76. The molecule has 1 aromatic heterocycles. The van der Waals surface area contributed by atoms with Gasteiger partial charge in [0.2, 0.25) is 0 Å². The molecule has 2 aromatic rings. The smallest absolute Gasteiger partial charge is 0.419 e. The van der Waals surface area contributed by atoms with Gasteiger partial charge >= 0.3 is 6.18 Å². The average molecular weight is 273 g/mol. The Morgan fingerprint density at radius 1 is 1.16 bits per heavy atom. The van der Waals surface area contributed by atoms with Gasteiger partial charge in [-0.1, -0.05) is 6.07 Å². The largest absolute Gasteiger partial charge is 0.460 e. The molecule has 0 fully saturated rings. The summed E-state index contributed by atoms with van der Waals surface area (Å²) >= 11 is 0. The van der Waals surface area contributed by atoms with Gasteiger partial charge in [-0.2, -0.15) is 13.2 Å². The summed E-state index contributed by atoms with van der Waals surface area (Å²) in [5.41, 5.74) is -1.01. The van der Waals surface area contributed by atoms with Crippen molar-refractivity contribution in [1.29, 1.82) is 0 Å². The second-order valence-electron chi connectivity index (χ2n) is 3.99. The van der Waals surface area contributed by atoms with Crippen LogP contribution in [-0.2, 0) is 12.7 Å². The van der Waals surface area contributed by atoms with Crippen molar-refractivity contribution in [3.8, 4) is 11.3 Å². The van der Waals surface area contributed by atoms with Crippen molar-refractivity contribution in [2.75, 3.05) is 7.05 Å². The molecule has 1 heterocycles. The van der Waals surface area contributed by atoms with E-state index in [4.69, 9.17) is 4.42 Å². The molecule has 0 amide bonds. The molecule has 0 aliphatic carbocycles. The lowest BCUT2D eigenvalue weighted by Gasteiger charge is -2.08. The van der Waals surface area contributed by atoms with Crippen LogP contribution in [0.1, 0.15) is 11.3 Å². The summed E-state index contributed by atoms with van der Waals surface area (Å²) in [5.74, 6) is -0.354. The first-order valence-electron chi connectivity index (χ1n) is 5.52. The monoisotopic (exact) mass is 273 g/mol. The van der Waals surface area contributed by atoms with E-state index in [1.54, 1.807) is 19.2 Å². The summed E-state index contributed by atoms with van der Waals surface area (Å²) in [6.07, 6.45) is -4.69. The highest BCUT2D eigenvalue weighted by atomic mass is 19.4. The molecular formula is C13H11F4NO. The maximum absolute atomic E-state index is 13.4. The predicted molar refractivity (Wildman–Crippen MR) is 61.9 cm³/mol. The van der Waals surface area contributed by atoms with Gasteiger partial charge in [-0.05, 0) is 31.3 Å². The van der Waals surface area contributed by atoms with E-state index in [-0.39, 0.29) is 5.56 Å². The minimum Gasteiger partial charge on any atom is -0.460 e. The van der Waals surface area contributed by atoms with Crippen LogP contribution >= 0.6 is 0 Å². The van der Waals surface area contributed by atoms with Crippen molar-refractivity contribution in [3.63, 3.8) is 0 Å². The fourth-order valence-electron chi connectivity index (χ4n) is 1.70. The van der Waals surface area contributed by atoms with E-state index < -0.39 is 17.6 Å². The minimum absolute atomic E-state index is 0.271. The van der Waals surface area contributed by atoms with E-state index in [2.05, 4.69) is 5.32 Å². The topological polar surface area (TPSA) is 25.2 Å². The molecule has 1 aromatic carbocycles. The highest BCUT2D eigenvalue weighted by molar-refractivity contribution is 5.58. The molecule has 1 N–H and O–H groups in total. The van der Waals surface area contributed by atoms with Gasteiger partial charge in [0.25, 0.3) is 0 Å². The third kappa shape index (κ3) is 2.96. The Bertz CT molecular complexity index is 574. The van der Waals surface area contributed by atoms with Crippen LogP contribution in [0, 0.1) is 5.82 Å². The van der Waals surface area contributed by atoms with Crippen LogP contribution in [0.3, 0.4) is 0 Å². The lowest BCUT2D eigenvalue weighted by Crippen LogP contribution is -2.07. The molecule has 0 radical (unpaired) electrons. The maximum atomic E-state index is 13.4. The summed E-state index contributed by atoms with van der Waals surface area (Å²) in [6.45, 7) is 0.489. The standard InChI is InChI=1S/C13H11F4NO/c1-18-7-9-3-5-12(19-9)8-2-4-10(11(14)6-8)13(15,16)17/h2-6,18H,7H2,1H3. The Morgan fingerprint density at radius 2 is 1.89 bits per heavy atom. The molecule has 0 saturated carbocycles. The number of alkyl halides is 3. The van der Waals surface area contributed by atoms with Crippen LogP contribution in [0.25, 0.3) is 11.3 Å². The Balaban J connectivity index is 2.33. The van der Waals surface area contributed by atoms with Crippen molar-refractivity contribution in [2.24, 2.45) is 0 Å². The molecule has 19 heavy (non-hydrogen) atoms. The first-order chi connectivity index (χ1) is 8.91. The quantitative estimate of drug-likeness (QED) is 0.860. The van der Waals surface area contributed by atoms with Gasteiger partial charge in [-0.25, -0.2) is 4.39 Å². The van der Waals surface area contributed by atoms with E-state index >= 15 is 0 Å². The molecule has 6 heteroatoms. The lowest BCUT2D eigenvalue weighted by atomic mass is 10.1. The number of hydrogen-bond acceptors (Lipinski definition) is 2. The Labute approximate surface area is 107 Å². The number of nitrogens with one attached hydrogen (secondary N) is 1. The second kappa shape index (κ2) is 5.05. The highest BCUT2D eigenvalue weighted by Crippen LogP contribution is 2.33. The molecule has 0 spiro atoms. The lowest BCUT2D eigenvalue weighted by molar-refractivity contribution is -0.139. The van der Waals surface area contributed by atoms with Crippen LogP contribution < -0.4 is 5.32 Å². The fraction of sp³-hybridized carbons (Fsp3) is 0.231. The zero-order valence-corrected chi connectivity index (χ0v) is 10.0. The first kappa shape index (κ1) is 13.6. The van der Waals surface area contributed by atoms with Crippen LogP contribution in [0.15, 0.2) is 34.7 Å². The van der Waals surface area contributed by atoms with Crippen LogP contribution in [-0.4, -0.2) is 7.05 Å². The Hall–Kier alpha value is -1.82. The number of hydrogen-bond donors (Lipinski definition) is 1. The summed E-state index contributed by atoms with van der Waals surface area (Å²) in [7, 11) is 1.74. The second-order valence-corrected chi connectivity index (χ2v) is 3.99. The van der Waals surface area contributed by atoms with Gasteiger partial charge in [0.15, 0.2) is 0 Å². The summed E-state index contributed by atoms with van der Waals surface area (Å²) in [4.78, 5) is 0. The summed E-state index contributed by atoms with van der Waals surface area (Å²) in [5, 5.41) is 2.87. The van der Waals surface area contributed by atoms with Gasteiger partial charge in [0.1, 0.15) is 17.3 Å². The van der Waals surface area contributed by atoms with E-state index in [1.807, 2.05) is 0 Å². The third-order valence-corrected chi connectivity index (χ3v) is 2.57. The van der Waals surface area contributed by atoms with E-state index in [9.17, 15) is 17.6 Å². The number of furan rings is 1. The van der Waals surface area contributed by atoms with Crippen molar-refractivity contribution < 1.29 is 22.0 Å². The number of halogens is 4. The van der Waals surface area contributed by atoms with Crippen LogP contribution in [0.4, 0.5) is 17.6 Å². The van der Waals surface area contributed by atoms with E-state index in [0.29, 0.717) is 24.1 Å². The van der Waals surface area contributed by atoms with Gasteiger partial charge in [0, 0.05) is 5.56 Å². The molecule has 0 atom stereocenters. The summed E-state index contributed by atoms with van der Waals surface area (Å²) in [6, 6.07) is 6.00. The van der Waals surface area contributed by atoms with Crippen LogP contribution in [0.5, 0.6) is 0 Å². The molecule has 2 nitrogen and oxygen atoms in total. The highest BCUT2D eigenvalue weighted by Gasteiger charge is 2.34. The normalized spacial score (nSPS) is 11.8. The summed E-state index contributed by atoms with van der Waals surface area (Å²) < 4.78 is 56.0. The zero-order valence-electron chi connectivity index (χ0n) is 10.0. The zero-order chi connectivity index (χ0) is 14.0. The minimum atomic E-state index is -4.69. The van der Waals surface area contributed by atoms with Crippen molar-refractivity contribution in [2.45, 2.75) is 12.7 Å². The fourth-order valence-corrected chi connectivity index (χ4v) is 1.70. The van der Waals surface area contributed by atoms with E-state index in [0.717, 1.165) is 6.07 Å². The first-order valence-corrected chi connectivity index (χ1v) is 5.52. The Morgan fingerprint density at radius 3 is 2.47 bits per heavy atom. The van der Waals surface area contributed by atoms with Gasteiger partial charge in [-0.15, -0.1) is 0 Å². The predicted octanol–water partition coefficient (Wildman–Crippen LogP) is 3.82. The molecule has 0 saturated heterocycles. The molecule has 0 bridgehead atoms. The van der Waals surface area contributed by atoms with Gasteiger partial charge in [0.05, 0.1) is 12.1 Å². The number of rotatable bonds is 3. The van der Waals surface area contributed by atoms with Crippen molar-refractivity contribution in [1.82, 2.24) is 5.32 Å². The van der Waals surface area contributed by atoms with Gasteiger partial charge in [-0.3, -0.25) is 0 Å². The molecule has 0 aliphatic rings. The van der Waals surface area contributed by atoms with Crippen LogP contribution in [0.2, 0.25) is 0 Å².